The van der Waals surface area contributed by atoms with Crippen molar-refractivity contribution in [3.63, 3.8) is 0 Å². The van der Waals surface area contributed by atoms with E-state index in [0.717, 1.165) is 10.6 Å². The third-order valence-electron chi connectivity index (χ3n) is 5.20. The largest absolute Gasteiger partial charge is 0.497 e. The first-order valence-corrected chi connectivity index (χ1v) is 9.96. The smallest absolute Gasteiger partial charge is 0.282 e. The number of carbonyl (C=O) groups is 2. The van der Waals surface area contributed by atoms with E-state index in [0.29, 0.717) is 22.7 Å². The van der Waals surface area contributed by atoms with Crippen LogP contribution in [0.3, 0.4) is 0 Å². The molecule has 1 heterocycles. The molecular formula is C25H22FN3O3. The maximum absolute atomic E-state index is 13.5. The Morgan fingerprint density at radius 2 is 1.47 bits per heavy atom. The van der Waals surface area contributed by atoms with Crippen molar-refractivity contribution in [3.8, 4) is 5.75 Å². The fraction of sp³-hybridized carbons (Fsp3) is 0.120. The molecule has 0 saturated carbocycles. The third kappa shape index (κ3) is 3.92. The molecule has 0 radical (unpaired) electrons. The predicted octanol–water partition coefficient (Wildman–Crippen LogP) is 4.30. The van der Waals surface area contributed by atoms with Gasteiger partial charge in [0.2, 0.25) is 0 Å². The molecule has 0 spiro atoms. The Morgan fingerprint density at radius 3 is 2.03 bits per heavy atom. The minimum absolute atomic E-state index is 0.128. The van der Waals surface area contributed by atoms with Crippen LogP contribution in [0, 0.1) is 5.82 Å². The maximum atomic E-state index is 13.5. The lowest BCUT2D eigenvalue weighted by Crippen LogP contribution is -2.32. The van der Waals surface area contributed by atoms with Crippen LogP contribution in [0.25, 0.3) is 5.57 Å². The van der Waals surface area contributed by atoms with E-state index in [9.17, 15) is 14.0 Å². The average molecular weight is 431 g/mol. The van der Waals surface area contributed by atoms with Crippen LogP contribution in [0.2, 0.25) is 0 Å². The highest BCUT2D eigenvalue weighted by Gasteiger charge is 2.40. The van der Waals surface area contributed by atoms with E-state index in [-0.39, 0.29) is 11.3 Å². The van der Waals surface area contributed by atoms with Gasteiger partial charge in [-0.2, -0.15) is 0 Å². The number of halogens is 1. The van der Waals surface area contributed by atoms with Crippen LogP contribution in [0.4, 0.5) is 21.5 Å². The topological polar surface area (TPSA) is 61.9 Å². The van der Waals surface area contributed by atoms with Crippen molar-refractivity contribution >= 4 is 34.4 Å². The number of carbonyl (C=O) groups excluding carboxylic acids is 2. The number of nitrogens with one attached hydrogen (secondary N) is 1. The second-order valence-electron chi connectivity index (χ2n) is 7.47. The summed E-state index contributed by atoms with van der Waals surface area (Å²) >= 11 is 0. The summed E-state index contributed by atoms with van der Waals surface area (Å²) < 4.78 is 18.7. The number of rotatable bonds is 6. The molecule has 32 heavy (non-hydrogen) atoms. The lowest BCUT2D eigenvalue weighted by atomic mass is 10.0. The predicted molar refractivity (Wildman–Crippen MR) is 123 cm³/mol. The number of amides is 2. The molecule has 0 saturated heterocycles. The highest BCUT2D eigenvalue weighted by atomic mass is 19.1. The van der Waals surface area contributed by atoms with Crippen LogP contribution in [0.5, 0.6) is 5.75 Å². The van der Waals surface area contributed by atoms with Crippen molar-refractivity contribution in [2.45, 2.75) is 0 Å². The van der Waals surface area contributed by atoms with E-state index < -0.39 is 17.6 Å². The number of methoxy groups -OCH3 is 1. The minimum Gasteiger partial charge on any atom is -0.497 e. The normalized spacial score (nSPS) is 13.6. The zero-order chi connectivity index (χ0) is 22.8. The number of anilines is 3. The Bertz CT molecular complexity index is 1180. The van der Waals surface area contributed by atoms with Crippen LogP contribution in [-0.4, -0.2) is 33.0 Å². The first-order valence-electron chi connectivity index (χ1n) is 9.96. The third-order valence-corrected chi connectivity index (χ3v) is 5.20. The second kappa shape index (κ2) is 8.55. The quantitative estimate of drug-likeness (QED) is 0.590. The van der Waals surface area contributed by atoms with Gasteiger partial charge in [-0.15, -0.1) is 0 Å². The summed E-state index contributed by atoms with van der Waals surface area (Å²) in [7, 11) is 5.38. The molecule has 0 fully saturated rings. The van der Waals surface area contributed by atoms with E-state index >= 15 is 0 Å². The van der Waals surface area contributed by atoms with Gasteiger partial charge in [-0.1, -0.05) is 12.1 Å². The van der Waals surface area contributed by atoms with Gasteiger partial charge in [-0.25, -0.2) is 9.29 Å². The fourth-order valence-electron chi connectivity index (χ4n) is 3.48. The first kappa shape index (κ1) is 21.1. The monoisotopic (exact) mass is 431 g/mol. The number of benzene rings is 3. The van der Waals surface area contributed by atoms with Gasteiger partial charge in [-0.3, -0.25) is 9.59 Å². The highest BCUT2D eigenvalue weighted by Crippen LogP contribution is 2.34. The Kier molecular flexibility index (Phi) is 5.64. The molecule has 0 aromatic heterocycles. The molecule has 0 bridgehead atoms. The first-order chi connectivity index (χ1) is 15.4. The van der Waals surface area contributed by atoms with E-state index in [4.69, 9.17) is 4.74 Å². The van der Waals surface area contributed by atoms with Crippen molar-refractivity contribution in [2.75, 3.05) is 36.3 Å². The summed E-state index contributed by atoms with van der Waals surface area (Å²) in [5.74, 6) is -0.718. The van der Waals surface area contributed by atoms with Crippen LogP contribution < -0.4 is 19.9 Å². The van der Waals surface area contributed by atoms with Crippen LogP contribution in [-0.2, 0) is 9.59 Å². The number of hydrogen-bond acceptors (Lipinski definition) is 5. The number of imide groups is 1. The summed E-state index contributed by atoms with van der Waals surface area (Å²) in [5.41, 5.74) is 2.78. The van der Waals surface area contributed by atoms with Crippen LogP contribution >= 0.6 is 0 Å². The lowest BCUT2D eigenvalue weighted by Gasteiger charge is -2.18. The number of hydrogen-bond donors (Lipinski definition) is 1. The molecule has 2 amide bonds. The van der Waals surface area contributed by atoms with Gasteiger partial charge in [0.1, 0.15) is 17.3 Å². The molecule has 0 atom stereocenters. The molecule has 6 nitrogen and oxygen atoms in total. The van der Waals surface area contributed by atoms with E-state index in [2.05, 4.69) is 5.32 Å². The highest BCUT2D eigenvalue weighted by molar-refractivity contribution is 6.46. The van der Waals surface area contributed by atoms with E-state index in [1.807, 2.05) is 31.1 Å². The maximum Gasteiger partial charge on any atom is 0.282 e. The number of nitrogens with zero attached hydrogens (tertiary/aromatic N) is 2. The molecule has 3 aromatic carbocycles. The van der Waals surface area contributed by atoms with Gasteiger partial charge >= 0.3 is 0 Å². The molecule has 1 N–H and O–H groups in total. The van der Waals surface area contributed by atoms with Gasteiger partial charge in [0.15, 0.2) is 0 Å². The van der Waals surface area contributed by atoms with Gasteiger partial charge in [-0.05, 0) is 66.2 Å². The summed E-state index contributed by atoms with van der Waals surface area (Å²) in [4.78, 5) is 29.8. The van der Waals surface area contributed by atoms with Crippen LogP contribution in [0.15, 0.2) is 78.5 Å². The summed E-state index contributed by atoms with van der Waals surface area (Å²) in [6, 6.07) is 19.6. The molecule has 3 aromatic rings. The fourth-order valence-corrected chi connectivity index (χ4v) is 3.48. The summed E-state index contributed by atoms with van der Waals surface area (Å²) in [5, 5.41) is 3.07. The van der Waals surface area contributed by atoms with Gasteiger partial charge in [0, 0.05) is 25.5 Å². The van der Waals surface area contributed by atoms with Crippen molar-refractivity contribution in [2.24, 2.45) is 0 Å². The number of ether oxygens (including phenoxy) is 1. The van der Waals surface area contributed by atoms with Gasteiger partial charge in [0.25, 0.3) is 11.8 Å². The average Bonchev–Trinajstić information content (AvgIpc) is 3.04. The molecule has 1 aliphatic heterocycles. The molecule has 162 valence electrons. The Balaban J connectivity index is 1.76. The molecular weight excluding hydrogens is 409 g/mol. The Hall–Kier alpha value is -4.13. The van der Waals surface area contributed by atoms with Crippen molar-refractivity contribution < 1.29 is 18.7 Å². The molecule has 0 aliphatic carbocycles. The zero-order valence-corrected chi connectivity index (χ0v) is 17.9. The summed E-state index contributed by atoms with van der Waals surface area (Å²) in [6.45, 7) is 0. The lowest BCUT2D eigenvalue weighted by molar-refractivity contribution is -0.120. The van der Waals surface area contributed by atoms with Gasteiger partial charge in [0.05, 0.1) is 18.4 Å². The van der Waals surface area contributed by atoms with E-state index in [1.165, 1.54) is 24.3 Å². The summed E-state index contributed by atoms with van der Waals surface area (Å²) in [6.07, 6.45) is 0. The SMILES string of the molecule is COc1ccc(NC2=C(c3ccc(F)cc3)C(=O)N(c3ccc(N(C)C)cc3)C2=O)cc1. The van der Waals surface area contributed by atoms with Gasteiger partial charge < -0.3 is 15.0 Å². The molecule has 7 heteroatoms. The Morgan fingerprint density at radius 1 is 0.844 bits per heavy atom. The van der Waals surface area contributed by atoms with Crippen molar-refractivity contribution in [1.29, 1.82) is 0 Å². The Labute approximate surface area is 185 Å². The zero-order valence-electron chi connectivity index (χ0n) is 17.9. The van der Waals surface area contributed by atoms with E-state index in [1.54, 1.807) is 43.5 Å². The second-order valence-corrected chi connectivity index (χ2v) is 7.47. The van der Waals surface area contributed by atoms with Crippen molar-refractivity contribution in [1.82, 2.24) is 0 Å². The molecule has 0 unspecified atom stereocenters. The standard InChI is InChI=1S/C25H22FN3O3/c1-28(2)19-10-12-20(13-11-19)29-24(30)22(16-4-6-17(26)7-5-16)23(25(29)31)27-18-8-14-21(32-3)15-9-18/h4-15,27H,1-3H3. The van der Waals surface area contributed by atoms with Crippen molar-refractivity contribution in [3.05, 3.63) is 89.9 Å². The molecule has 4 rings (SSSR count). The van der Waals surface area contributed by atoms with Crippen LogP contribution in [0.1, 0.15) is 5.56 Å². The molecule has 1 aliphatic rings. The minimum atomic E-state index is -0.484.